The molecule has 2 heterocycles. The first-order chi connectivity index (χ1) is 9.08. The second kappa shape index (κ2) is 5.94. The molecule has 0 atom stereocenters. The first-order valence-electron chi connectivity index (χ1n) is 6.21. The minimum absolute atomic E-state index is 0.210. The molecule has 0 aliphatic carbocycles. The van der Waals surface area contributed by atoms with Gasteiger partial charge in [0.05, 0.1) is 30.9 Å². The summed E-state index contributed by atoms with van der Waals surface area (Å²) < 4.78 is 12.5. The van der Waals surface area contributed by atoms with Gasteiger partial charge in [0.25, 0.3) is 0 Å². The summed E-state index contributed by atoms with van der Waals surface area (Å²) in [5.74, 6) is 0.980. The normalized spacial score (nSPS) is 11.6. The lowest BCUT2D eigenvalue weighted by Crippen LogP contribution is -2.11. The van der Waals surface area contributed by atoms with Crippen molar-refractivity contribution in [2.45, 2.75) is 26.6 Å². The molecule has 7 heteroatoms. The number of ether oxygens (including phenoxy) is 2. The van der Waals surface area contributed by atoms with Gasteiger partial charge >= 0.3 is 0 Å². The third-order valence-electron chi connectivity index (χ3n) is 2.58. The predicted molar refractivity (Wildman–Crippen MR) is 71.5 cm³/mol. The molecule has 0 saturated carbocycles. The van der Waals surface area contributed by atoms with Crippen LogP contribution in [0.2, 0.25) is 0 Å². The second-order valence-corrected chi connectivity index (χ2v) is 4.50. The van der Waals surface area contributed by atoms with Crippen LogP contribution in [0.3, 0.4) is 0 Å². The van der Waals surface area contributed by atoms with E-state index in [1.807, 2.05) is 20.9 Å². The van der Waals surface area contributed by atoms with Gasteiger partial charge in [0, 0.05) is 7.05 Å². The molecule has 7 nitrogen and oxygen atoms in total. The third kappa shape index (κ3) is 3.39. The van der Waals surface area contributed by atoms with E-state index in [1.54, 1.807) is 10.9 Å². The Morgan fingerprint density at radius 1 is 1.32 bits per heavy atom. The molecule has 0 radical (unpaired) electrons. The number of aromatic nitrogens is 4. The summed E-state index contributed by atoms with van der Waals surface area (Å²) in [6.07, 6.45) is 1.87. The molecule has 0 aliphatic rings. The maximum atomic E-state index is 5.86. The zero-order valence-electron chi connectivity index (χ0n) is 11.5. The summed E-state index contributed by atoms with van der Waals surface area (Å²) >= 11 is 0. The molecule has 2 aromatic heterocycles. The molecule has 19 heavy (non-hydrogen) atoms. The fourth-order valence-electron chi connectivity index (χ4n) is 1.66. The van der Waals surface area contributed by atoms with Crippen molar-refractivity contribution in [1.29, 1.82) is 0 Å². The van der Waals surface area contributed by atoms with Gasteiger partial charge < -0.3 is 15.2 Å². The Hall–Kier alpha value is -1.73. The van der Waals surface area contributed by atoms with Gasteiger partial charge in [0.2, 0.25) is 0 Å². The molecule has 0 saturated heterocycles. The van der Waals surface area contributed by atoms with Crippen LogP contribution in [0.15, 0.2) is 6.20 Å². The van der Waals surface area contributed by atoms with E-state index in [0.29, 0.717) is 37.1 Å². The number of nitrogens with zero attached hydrogens (tertiary/aromatic N) is 4. The zero-order valence-corrected chi connectivity index (χ0v) is 11.5. The number of rotatable bonds is 6. The summed E-state index contributed by atoms with van der Waals surface area (Å²) in [7, 11) is 1.82. The fourth-order valence-corrected chi connectivity index (χ4v) is 1.66. The number of fused-ring (bicyclic) bond motifs is 1. The van der Waals surface area contributed by atoms with Crippen molar-refractivity contribution in [2.24, 2.45) is 7.05 Å². The Morgan fingerprint density at radius 2 is 2.11 bits per heavy atom. The van der Waals surface area contributed by atoms with Gasteiger partial charge in [-0.3, -0.25) is 4.68 Å². The Morgan fingerprint density at radius 3 is 2.84 bits per heavy atom. The van der Waals surface area contributed by atoms with Crippen LogP contribution in [0, 0.1) is 0 Å². The quantitative estimate of drug-likeness (QED) is 0.780. The summed E-state index contributed by atoms with van der Waals surface area (Å²) in [6, 6.07) is 0. The van der Waals surface area contributed by atoms with Crippen molar-refractivity contribution < 1.29 is 9.47 Å². The van der Waals surface area contributed by atoms with Crippen LogP contribution >= 0.6 is 0 Å². The van der Waals surface area contributed by atoms with E-state index in [9.17, 15) is 0 Å². The summed E-state index contributed by atoms with van der Waals surface area (Å²) in [6.45, 7) is 5.35. The molecule has 2 aromatic rings. The highest BCUT2D eigenvalue weighted by Gasteiger charge is 2.09. The maximum absolute atomic E-state index is 5.86. The predicted octanol–water partition coefficient (Wildman–Crippen LogP) is 0.887. The highest BCUT2D eigenvalue weighted by atomic mass is 16.5. The minimum atomic E-state index is 0.210. The topological polar surface area (TPSA) is 88.1 Å². The summed E-state index contributed by atoms with van der Waals surface area (Å²) in [5, 5.41) is 4.86. The van der Waals surface area contributed by atoms with Crippen LogP contribution in [0.1, 0.15) is 19.7 Å². The minimum Gasteiger partial charge on any atom is -0.383 e. The van der Waals surface area contributed by atoms with E-state index in [2.05, 4.69) is 15.1 Å². The lowest BCUT2D eigenvalue weighted by Gasteiger charge is -2.08. The van der Waals surface area contributed by atoms with Crippen molar-refractivity contribution in [3.8, 4) is 0 Å². The summed E-state index contributed by atoms with van der Waals surface area (Å²) in [4.78, 5) is 8.57. The highest BCUT2D eigenvalue weighted by molar-refractivity contribution is 5.84. The van der Waals surface area contributed by atoms with Crippen molar-refractivity contribution in [3.63, 3.8) is 0 Å². The Kier molecular flexibility index (Phi) is 4.28. The molecule has 0 amide bonds. The van der Waals surface area contributed by atoms with E-state index in [4.69, 9.17) is 15.2 Å². The average Bonchev–Trinajstić information content (AvgIpc) is 2.71. The molecule has 104 valence electrons. The van der Waals surface area contributed by atoms with Crippen LogP contribution in [-0.2, 0) is 23.1 Å². The van der Waals surface area contributed by atoms with Crippen molar-refractivity contribution in [1.82, 2.24) is 19.7 Å². The van der Waals surface area contributed by atoms with Crippen molar-refractivity contribution >= 4 is 16.9 Å². The first kappa shape index (κ1) is 13.7. The van der Waals surface area contributed by atoms with E-state index >= 15 is 0 Å². The van der Waals surface area contributed by atoms with E-state index in [1.165, 1.54) is 0 Å². The molecule has 0 spiro atoms. The van der Waals surface area contributed by atoms with Crippen LogP contribution in [0.4, 0.5) is 5.82 Å². The Balaban J connectivity index is 1.95. The molecule has 0 aliphatic heterocycles. The SMILES string of the molecule is CC(C)OCCOCc1nc(N)c2cnn(C)c2n1. The van der Waals surface area contributed by atoms with Gasteiger partial charge in [-0.2, -0.15) is 5.10 Å². The molecule has 0 aromatic carbocycles. The van der Waals surface area contributed by atoms with E-state index in [0.717, 1.165) is 5.39 Å². The zero-order chi connectivity index (χ0) is 13.8. The number of anilines is 1. The Labute approximate surface area is 111 Å². The molecule has 0 unspecified atom stereocenters. The van der Waals surface area contributed by atoms with Crippen LogP contribution < -0.4 is 5.73 Å². The smallest absolute Gasteiger partial charge is 0.163 e. The number of hydrogen-bond donors (Lipinski definition) is 1. The van der Waals surface area contributed by atoms with Gasteiger partial charge in [-0.1, -0.05) is 0 Å². The van der Waals surface area contributed by atoms with E-state index in [-0.39, 0.29) is 6.10 Å². The van der Waals surface area contributed by atoms with E-state index < -0.39 is 0 Å². The number of nitrogens with two attached hydrogens (primary N) is 1. The largest absolute Gasteiger partial charge is 0.383 e. The lowest BCUT2D eigenvalue weighted by atomic mass is 10.4. The fraction of sp³-hybridized carbons (Fsp3) is 0.583. The third-order valence-corrected chi connectivity index (χ3v) is 2.58. The van der Waals surface area contributed by atoms with Crippen molar-refractivity contribution in [3.05, 3.63) is 12.0 Å². The monoisotopic (exact) mass is 265 g/mol. The van der Waals surface area contributed by atoms with Gasteiger partial charge in [-0.15, -0.1) is 0 Å². The average molecular weight is 265 g/mol. The van der Waals surface area contributed by atoms with Gasteiger partial charge in [0.15, 0.2) is 11.5 Å². The standard InChI is InChI=1S/C12H19N5O2/c1-8(2)19-5-4-18-7-10-15-11(13)9-6-14-17(3)12(9)16-10/h6,8H,4-5,7H2,1-3H3,(H2,13,15,16). The first-order valence-corrected chi connectivity index (χ1v) is 6.21. The molecule has 0 fully saturated rings. The molecule has 2 N–H and O–H groups in total. The maximum Gasteiger partial charge on any atom is 0.163 e. The molecule has 0 bridgehead atoms. The van der Waals surface area contributed by atoms with Gasteiger partial charge in [-0.25, -0.2) is 9.97 Å². The van der Waals surface area contributed by atoms with Gasteiger partial charge in [-0.05, 0) is 13.8 Å². The second-order valence-electron chi connectivity index (χ2n) is 4.50. The van der Waals surface area contributed by atoms with Crippen LogP contribution in [-0.4, -0.2) is 39.1 Å². The van der Waals surface area contributed by atoms with Crippen LogP contribution in [0.25, 0.3) is 11.0 Å². The molecular weight excluding hydrogens is 246 g/mol. The van der Waals surface area contributed by atoms with Crippen LogP contribution in [0.5, 0.6) is 0 Å². The highest BCUT2D eigenvalue weighted by Crippen LogP contribution is 2.16. The number of hydrogen-bond acceptors (Lipinski definition) is 6. The summed E-state index contributed by atoms with van der Waals surface area (Å²) in [5.41, 5.74) is 6.57. The Bertz CT molecular complexity index is 552. The number of nitrogen functional groups attached to an aromatic ring is 1. The molecular formula is C12H19N5O2. The van der Waals surface area contributed by atoms with Gasteiger partial charge in [0.1, 0.15) is 12.4 Å². The molecule has 2 rings (SSSR count). The lowest BCUT2D eigenvalue weighted by molar-refractivity contribution is 0.0128. The van der Waals surface area contributed by atoms with Crippen molar-refractivity contribution in [2.75, 3.05) is 18.9 Å². The number of aryl methyl sites for hydroxylation is 1.